The van der Waals surface area contributed by atoms with Gasteiger partial charge in [-0.1, -0.05) is 12.1 Å². The van der Waals surface area contributed by atoms with Gasteiger partial charge in [0.25, 0.3) is 5.91 Å². The molecule has 0 bridgehead atoms. The molecule has 0 aliphatic rings. The molecule has 0 saturated heterocycles. The molecular weight excluding hydrogens is 451 g/mol. The number of nitrogens with one attached hydrogen (secondary N) is 1. The third kappa shape index (κ3) is 6.03. The molecule has 0 radical (unpaired) electrons. The van der Waals surface area contributed by atoms with Gasteiger partial charge >= 0.3 is 6.18 Å². The summed E-state index contributed by atoms with van der Waals surface area (Å²) >= 11 is 0. The zero-order valence-corrected chi connectivity index (χ0v) is 18.2. The molecule has 7 nitrogen and oxygen atoms in total. The van der Waals surface area contributed by atoms with Crippen LogP contribution < -0.4 is 11.1 Å². The predicted octanol–water partition coefficient (Wildman–Crippen LogP) is 4.56. The Labute approximate surface area is 193 Å². The second-order valence-electron chi connectivity index (χ2n) is 7.37. The number of furan rings is 1. The number of alkyl halides is 3. The third-order valence-electron chi connectivity index (χ3n) is 5.02. The summed E-state index contributed by atoms with van der Waals surface area (Å²) in [5, 5.41) is 2.66. The number of nitrogens with zero attached hydrogens (tertiary/aromatic N) is 1. The number of benzene rings is 2. The maximum absolute atomic E-state index is 13.0. The number of carbonyl (C=O) groups excluding carboxylic acids is 3. The lowest BCUT2D eigenvalue weighted by molar-refractivity contribution is -0.137. The Morgan fingerprint density at radius 1 is 1.03 bits per heavy atom. The van der Waals surface area contributed by atoms with Crippen LogP contribution in [0.1, 0.15) is 39.8 Å². The first kappa shape index (κ1) is 24.6. The van der Waals surface area contributed by atoms with Crippen LogP contribution in [0.3, 0.4) is 0 Å². The van der Waals surface area contributed by atoms with E-state index in [0.29, 0.717) is 17.8 Å². The number of halogens is 3. The van der Waals surface area contributed by atoms with E-state index in [0.717, 1.165) is 12.1 Å². The SMILES string of the molecule is CCN(CCC(=O)Nc1ccc(C(N)=O)cc1)C(=O)c1ccc(-c2cccc(C(F)(F)F)c2)o1. The lowest BCUT2D eigenvalue weighted by Crippen LogP contribution is -2.33. The molecule has 0 atom stereocenters. The lowest BCUT2D eigenvalue weighted by Gasteiger charge is -2.19. The smallest absolute Gasteiger partial charge is 0.416 e. The molecule has 3 N–H and O–H groups in total. The quantitative estimate of drug-likeness (QED) is 0.500. The van der Waals surface area contributed by atoms with Crippen molar-refractivity contribution in [3.8, 4) is 11.3 Å². The lowest BCUT2D eigenvalue weighted by atomic mass is 10.1. The maximum atomic E-state index is 13.0. The predicted molar refractivity (Wildman–Crippen MR) is 119 cm³/mol. The first-order chi connectivity index (χ1) is 16.1. The molecular formula is C24H22F3N3O4. The van der Waals surface area contributed by atoms with Gasteiger partial charge in [-0.15, -0.1) is 0 Å². The Balaban J connectivity index is 1.62. The van der Waals surface area contributed by atoms with Crippen LogP contribution in [0.15, 0.2) is 65.1 Å². The van der Waals surface area contributed by atoms with E-state index in [1.54, 1.807) is 19.1 Å². The van der Waals surface area contributed by atoms with E-state index in [-0.39, 0.29) is 36.0 Å². The largest absolute Gasteiger partial charge is 0.451 e. The molecule has 3 aromatic rings. The molecule has 0 fully saturated rings. The highest BCUT2D eigenvalue weighted by Gasteiger charge is 2.30. The Morgan fingerprint density at radius 3 is 2.35 bits per heavy atom. The highest BCUT2D eigenvalue weighted by Crippen LogP contribution is 2.32. The fourth-order valence-corrected chi connectivity index (χ4v) is 3.19. The van der Waals surface area contributed by atoms with Crippen LogP contribution in [0, 0.1) is 0 Å². The van der Waals surface area contributed by atoms with Crippen molar-refractivity contribution >= 4 is 23.4 Å². The van der Waals surface area contributed by atoms with Gasteiger partial charge in [-0.05, 0) is 55.5 Å². The number of hydrogen-bond donors (Lipinski definition) is 2. The molecule has 34 heavy (non-hydrogen) atoms. The topological polar surface area (TPSA) is 106 Å². The van der Waals surface area contributed by atoms with Crippen molar-refractivity contribution in [2.75, 3.05) is 18.4 Å². The van der Waals surface area contributed by atoms with Gasteiger partial charge in [0.15, 0.2) is 5.76 Å². The first-order valence-corrected chi connectivity index (χ1v) is 10.3. The third-order valence-corrected chi connectivity index (χ3v) is 5.02. The fourth-order valence-electron chi connectivity index (χ4n) is 3.19. The van der Waals surface area contributed by atoms with Gasteiger partial charge < -0.3 is 20.4 Å². The van der Waals surface area contributed by atoms with Crippen molar-refractivity contribution in [2.45, 2.75) is 19.5 Å². The summed E-state index contributed by atoms with van der Waals surface area (Å²) in [6.07, 6.45) is -4.50. The molecule has 0 saturated carbocycles. The summed E-state index contributed by atoms with van der Waals surface area (Å²) in [6.45, 7) is 2.12. The van der Waals surface area contributed by atoms with Crippen molar-refractivity contribution in [3.05, 3.63) is 77.6 Å². The molecule has 3 amide bonds. The van der Waals surface area contributed by atoms with Crippen molar-refractivity contribution in [1.82, 2.24) is 4.90 Å². The van der Waals surface area contributed by atoms with E-state index in [9.17, 15) is 27.6 Å². The zero-order valence-electron chi connectivity index (χ0n) is 18.2. The molecule has 178 valence electrons. The van der Waals surface area contributed by atoms with Gasteiger partial charge in [0.05, 0.1) is 5.56 Å². The Kier molecular flexibility index (Phi) is 7.40. The van der Waals surface area contributed by atoms with Gasteiger partial charge in [-0.2, -0.15) is 13.2 Å². The van der Waals surface area contributed by atoms with Crippen LogP contribution in [0.4, 0.5) is 18.9 Å². The number of carbonyl (C=O) groups is 3. The van der Waals surface area contributed by atoms with E-state index in [2.05, 4.69) is 5.32 Å². The average Bonchev–Trinajstić information content (AvgIpc) is 3.29. The summed E-state index contributed by atoms with van der Waals surface area (Å²) in [7, 11) is 0. The van der Waals surface area contributed by atoms with Gasteiger partial charge in [-0.3, -0.25) is 14.4 Å². The van der Waals surface area contributed by atoms with Gasteiger partial charge in [0, 0.05) is 36.3 Å². The highest BCUT2D eigenvalue weighted by atomic mass is 19.4. The molecule has 1 aromatic heterocycles. The number of primary amides is 1. The van der Waals surface area contributed by atoms with Crippen LogP contribution in [0.5, 0.6) is 0 Å². The molecule has 0 aliphatic heterocycles. The van der Waals surface area contributed by atoms with Crippen LogP contribution in [0.25, 0.3) is 11.3 Å². The van der Waals surface area contributed by atoms with Gasteiger partial charge in [-0.25, -0.2) is 0 Å². The van der Waals surface area contributed by atoms with Crippen molar-refractivity contribution in [2.24, 2.45) is 5.73 Å². The average molecular weight is 473 g/mol. The highest BCUT2D eigenvalue weighted by molar-refractivity contribution is 5.95. The Hall–Kier alpha value is -4.08. The van der Waals surface area contributed by atoms with Crippen molar-refractivity contribution in [1.29, 1.82) is 0 Å². The number of anilines is 1. The standard InChI is InChI=1S/C24H22F3N3O4/c1-2-30(13-12-21(31)29-18-8-6-15(7-9-18)22(28)32)23(33)20-11-10-19(34-20)16-4-3-5-17(14-16)24(25,26)27/h3-11,14H,2,12-13H2,1H3,(H2,28,32)(H,29,31). The minimum Gasteiger partial charge on any atom is -0.451 e. The second-order valence-corrected chi connectivity index (χ2v) is 7.37. The van der Waals surface area contributed by atoms with E-state index >= 15 is 0 Å². The molecule has 2 aromatic carbocycles. The molecule has 10 heteroatoms. The van der Waals surface area contributed by atoms with Crippen LogP contribution in [-0.2, 0) is 11.0 Å². The summed E-state index contributed by atoms with van der Waals surface area (Å²) in [5.74, 6) is -1.33. The van der Waals surface area contributed by atoms with E-state index in [4.69, 9.17) is 10.2 Å². The van der Waals surface area contributed by atoms with Crippen LogP contribution in [0.2, 0.25) is 0 Å². The van der Waals surface area contributed by atoms with Crippen LogP contribution in [-0.4, -0.2) is 35.7 Å². The summed E-state index contributed by atoms with van der Waals surface area (Å²) in [5.41, 5.74) is 5.34. The minimum absolute atomic E-state index is 0.00164. The fraction of sp³-hybridized carbons (Fsp3) is 0.208. The zero-order chi connectivity index (χ0) is 24.9. The Morgan fingerprint density at radius 2 is 1.74 bits per heavy atom. The molecule has 0 unspecified atom stereocenters. The molecule has 3 rings (SSSR count). The monoisotopic (exact) mass is 473 g/mol. The number of rotatable bonds is 8. The van der Waals surface area contributed by atoms with E-state index in [1.807, 2.05) is 0 Å². The van der Waals surface area contributed by atoms with Gasteiger partial charge in [0.1, 0.15) is 5.76 Å². The number of nitrogens with two attached hydrogens (primary N) is 1. The first-order valence-electron chi connectivity index (χ1n) is 10.3. The van der Waals surface area contributed by atoms with E-state index in [1.165, 1.54) is 41.3 Å². The van der Waals surface area contributed by atoms with Gasteiger partial charge in [0.2, 0.25) is 11.8 Å². The van der Waals surface area contributed by atoms with Crippen molar-refractivity contribution in [3.63, 3.8) is 0 Å². The number of hydrogen-bond acceptors (Lipinski definition) is 4. The Bertz CT molecular complexity index is 1190. The second kappa shape index (κ2) is 10.2. The minimum atomic E-state index is -4.50. The summed E-state index contributed by atoms with van der Waals surface area (Å²) in [6, 6.07) is 13.5. The molecule has 0 spiro atoms. The number of amides is 3. The maximum Gasteiger partial charge on any atom is 0.416 e. The molecule has 0 aliphatic carbocycles. The van der Waals surface area contributed by atoms with E-state index < -0.39 is 23.6 Å². The van der Waals surface area contributed by atoms with Crippen LogP contribution >= 0.6 is 0 Å². The summed E-state index contributed by atoms with van der Waals surface area (Å²) < 4.78 is 44.4. The normalized spacial score (nSPS) is 11.2. The van der Waals surface area contributed by atoms with Crippen molar-refractivity contribution < 1.29 is 32.0 Å². The molecule has 1 heterocycles. The summed E-state index contributed by atoms with van der Waals surface area (Å²) in [4.78, 5) is 37.6.